The molecule has 142 valence electrons. The molecule has 28 heavy (non-hydrogen) atoms. The van der Waals surface area contributed by atoms with Gasteiger partial charge in [0.2, 0.25) is 0 Å². The van der Waals surface area contributed by atoms with Crippen LogP contribution in [0.2, 0.25) is 0 Å². The number of nitrogens with one attached hydrogen (secondary N) is 3. The maximum absolute atomic E-state index is 12.6. The fourth-order valence-corrected chi connectivity index (χ4v) is 3.39. The summed E-state index contributed by atoms with van der Waals surface area (Å²) in [4.78, 5) is 25.6. The molecule has 3 rings (SSSR count). The molecule has 3 aromatic carbocycles. The normalized spacial score (nSPS) is 10.2. The second-order valence-corrected chi connectivity index (χ2v) is 7.21. The Balaban J connectivity index is 1.60. The van der Waals surface area contributed by atoms with E-state index in [0.29, 0.717) is 22.6 Å². The molecule has 0 aliphatic carbocycles. The van der Waals surface area contributed by atoms with Gasteiger partial charge in [-0.3, -0.25) is 4.79 Å². The third-order valence-corrected chi connectivity index (χ3v) is 4.82. The van der Waals surface area contributed by atoms with Crippen LogP contribution < -0.4 is 16.0 Å². The van der Waals surface area contributed by atoms with Crippen LogP contribution in [0.15, 0.2) is 83.8 Å². The zero-order chi connectivity index (χ0) is 19.8. The highest BCUT2D eigenvalue weighted by Gasteiger charge is 2.11. The lowest BCUT2D eigenvalue weighted by atomic mass is 10.2. The molecule has 0 aliphatic rings. The standard InChI is InChI=1S/C22H21N3O2S/c1-2-28-20-11-7-6-10-19(20)21(26)23-17-12-14-18(15-13-17)25-22(27)24-16-8-4-3-5-9-16/h3-15H,2H2,1H3,(H,23,26)(H2,24,25,27). The first-order valence-corrected chi connectivity index (χ1v) is 9.90. The van der Waals surface area contributed by atoms with Gasteiger partial charge in [-0.25, -0.2) is 4.79 Å². The molecular weight excluding hydrogens is 370 g/mol. The summed E-state index contributed by atoms with van der Waals surface area (Å²) in [5.74, 6) is 0.745. The molecule has 0 saturated heterocycles. The molecule has 0 bridgehead atoms. The zero-order valence-electron chi connectivity index (χ0n) is 15.4. The lowest BCUT2D eigenvalue weighted by Gasteiger charge is -2.11. The molecule has 0 fully saturated rings. The summed E-state index contributed by atoms with van der Waals surface area (Å²) in [5, 5.41) is 8.41. The van der Waals surface area contributed by atoms with Crippen molar-refractivity contribution in [3.8, 4) is 0 Å². The van der Waals surface area contributed by atoms with Crippen molar-refractivity contribution in [2.24, 2.45) is 0 Å². The van der Waals surface area contributed by atoms with E-state index >= 15 is 0 Å². The predicted octanol–water partition coefficient (Wildman–Crippen LogP) is 5.69. The predicted molar refractivity (Wildman–Crippen MR) is 116 cm³/mol. The van der Waals surface area contributed by atoms with Crippen LogP contribution in [-0.4, -0.2) is 17.7 Å². The average molecular weight is 391 g/mol. The number of hydrogen-bond donors (Lipinski definition) is 3. The van der Waals surface area contributed by atoms with Crippen molar-refractivity contribution in [1.82, 2.24) is 0 Å². The summed E-state index contributed by atoms with van der Waals surface area (Å²) in [6.45, 7) is 2.05. The van der Waals surface area contributed by atoms with E-state index in [0.717, 1.165) is 10.6 Å². The summed E-state index contributed by atoms with van der Waals surface area (Å²) < 4.78 is 0. The van der Waals surface area contributed by atoms with Crippen molar-refractivity contribution in [3.63, 3.8) is 0 Å². The maximum Gasteiger partial charge on any atom is 0.323 e. The number of benzene rings is 3. The third kappa shape index (κ3) is 5.37. The van der Waals surface area contributed by atoms with Crippen LogP contribution in [0.5, 0.6) is 0 Å². The van der Waals surface area contributed by atoms with Gasteiger partial charge in [0.1, 0.15) is 0 Å². The molecule has 3 N–H and O–H groups in total. The number of urea groups is 1. The smallest absolute Gasteiger partial charge is 0.322 e. The SMILES string of the molecule is CCSc1ccccc1C(=O)Nc1ccc(NC(=O)Nc2ccccc2)cc1. The molecule has 0 saturated carbocycles. The van der Waals surface area contributed by atoms with Gasteiger partial charge in [-0.2, -0.15) is 0 Å². The summed E-state index contributed by atoms with van der Waals surface area (Å²) in [7, 11) is 0. The maximum atomic E-state index is 12.6. The van der Waals surface area contributed by atoms with Crippen LogP contribution in [0.25, 0.3) is 0 Å². The molecule has 0 atom stereocenters. The summed E-state index contributed by atoms with van der Waals surface area (Å²) >= 11 is 1.64. The number of carbonyl (C=O) groups excluding carboxylic acids is 2. The first kappa shape index (κ1) is 19.5. The van der Waals surface area contributed by atoms with Crippen molar-refractivity contribution in [2.75, 3.05) is 21.7 Å². The summed E-state index contributed by atoms with van der Waals surface area (Å²) in [6, 6.07) is 23.4. The number of rotatable bonds is 6. The topological polar surface area (TPSA) is 70.2 Å². The minimum Gasteiger partial charge on any atom is -0.322 e. The minimum atomic E-state index is -0.325. The lowest BCUT2D eigenvalue weighted by Crippen LogP contribution is -2.19. The Kier molecular flexibility index (Phi) is 6.70. The van der Waals surface area contributed by atoms with E-state index in [-0.39, 0.29) is 11.9 Å². The molecule has 3 amide bonds. The number of amides is 3. The van der Waals surface area contributed by atoms with E-state index in [9.17, 15) is 9.59 Å². The van der Waals surface area contributed by atoms with Gasteiger partial charge < -0.3 is 16.0 Å². The van der Waals surface area contributed by atoms with Crippen molar-refractivity contribution < 1.29 is 9.59 Å². The van der Waals surface area contributed by atoms with Gasteiger partial charge in [-0.1, -0.05) is 37.3 Å². The Morgan fingerprint density at radius 2 is 1.25 bits per heavy atom. The van der Waals surface area contributed by atoms with E-state index in [4.69, 9.17) is 0 Å². The fraction of sp³-hybridized carbons (Fsp3) is 0.0909. The first-order valence-electron chi connectivity index (χ1n) is 8.92. The van der Waals surface area contributed by atoms with E-state index in [2.05, 4.69) is 22.9 Å². The molecule has 0 heterocycles. The van der Waals surface area contributed by atoms with Gasteiger partial charge >= 0.3 is 6.03 Å². The Morgan fingerprint density at radius 1 is 0.714 bits per heavy atom. The van der Waals surface area contributed by atoms with Gasteiger partial charge in [-0.15, -0.1) is 11.8 Å². The van der Waals surface area contributed by atoms with Crippen LogP contribution >= 0.6 is 11.8 Å². The summed E-state index contributed by atoms with van der Waals surface area (Å²) in [5.41, 5.74) is 2.66. The van der Waals surface area contributed by atoms with E-state index in [1.165, 1.54) is 0 Å². The molecule has 0 aliphatic heterocycles. The Morgan fingerprint density at radius 3 is 1.89 bits per heavy atom. The van der Waals surface area contributed by atoms with Crippen LogP contribution in [0.3, 0.4) is 0 Å². The highest BCUT2D eigenvalue weighted by atomic mass is 32.2. The lowest BCUT2D eigenvalue weighted by molar-refractivity contribution is 0.102. The monoisotopic (exact) mass is 391 g/mol. The summed E-state index contributed by atoms with van der Waals surface area (Å²) in [6.07, 6.45) is 0. The first-order chi connectivity index (χ1) is 13.7. The Labute approximate surface area is 168 Å². The minimum absolute atomic E-state index is 0.154. The highest BCUT2D eigenvalue weighted by molar-refractivity contribution is 7.99. The average Bonchev–Trinajstić information content (AvgIpc) is 2.71. The Bertz CT molecular complexity index is 944. The van der Waals surface area contributed by atoms with E-state index < -0.39 is 0 Å². The number of anilines is 3. The number of hydrogen-bond acceptors (Lipinski definition) is 3. The fourth-order valence-electron chi connectivity index (χ4n) is 2.59. The van der Waals surface area contributed by atoms with Gasteiger partial charge in [0.15, 0.2) is 0 Å². The number of thioether (sulfide) groups is 1. The second-order valence-electron chi connectivity index (χ2n) is 5.91. The van der Waals surface area contributed by atoms with Gasteiger partial charge in [-0.05, 0) is 54.3 Å². The zero-order valence-corrected chi connectivity index (χ0v) is 16.3. The molecule has 0 radical (unpaired) electrons. The van der Waals surface area contributed by atoms with Gasteiger partial charge in [0, 0.05) is 22.0 Å². The van der Waals surface area contributed by atoms with Crippen LogP contribution in [0.4, 0.5) is 21.9 Å². The van der Waals surface area contributed by atoms with Gasteiger partial charge in [0.25, 0.3) is 5.91 Å². The highest BCUT2D eigenvalue weighted by Crippen LogP contribution is 2.23. The van der Waals surface area contributed by atoms with Crippen molar-refractivity contribution >= 4 is 40.8 Å². The van der Waals surface area contributed by atoms with Crippen LogP contribution in [0.1, 0.15) is 17.3 Å². The molecule has 6 heteroatoms. The molecule has 0 aromatic heterocycles. The molecule has 0 spiro atoms. The van der Waals surface area contributed by atoms with Crippen LogP contribution in [-0.2, 0) is 0 Å². The molecule has 0 unspecified atom stereocenters. The van der Waals surface area contributed by atoms with Crippen LogP contribution in [0, 0.1) is 0 Å². The Hall–Kier alpha value is -3.25. The van der Waals surface area contributed by atoms with Crippen molar-refractivity contribution in [1.29, 1.82) is 0 Å². The van der Waals surface area contributed by atoms with E-state index in [1.54, 1.807) is 36.0 Å². The molecular formula is C22H21N3O2S. The van der Waals surface area contributed by atoms with Crippen molar-refractivity contribution in [2.45, 2.75) is 11.8 Å². The molecule has 3 aromatic rings. The number of carbonyl (C=O) groups is 2. The van der Waals surface area contributed by atoms with Gasteiger partial charge in [0.05, 0.1) is 5.56 Å². The van der Waals surface area contributed by atoms with E-state index in [1.807, 2.05) is 54.6 Å². The third-order valence-electron chi connectivity index (χ3n) is 3.86. The quantitative estimate of drug-likeness (QED) is 0.472. The largest absolute Gasteiger partial charge is 0.323 e. The molecule has 5 nitrogen and oxygen atoms in total. The second kappa shape index (κ2) is 9.62. The van der Waals surface area contributed by atoms with Crippen molar-refractivity contribution in [3.05, 3.63) is 84.4 Å². The number of para-hydroxylation sites is 1.